The van der Waals surface area contributed by atoms with E-state index in [1.807, 2.05) is 24.3 Å². The molecule has 0 aromatic heterocycles. The molecule has 2 rings (SSSR count). The van der Waals surface area contributed by atoms with Crippen molar-refractivity contribution in [3.05, 3.63) is 62.5 Å². The molecule has 0 heterocycles. The summed E-state index contributed by atoms with van der Waals surface area (Å²) in [6.45, 7) is 0. The Morgan fingerprint density at radius 1 is 1.05 bits per heavy atom. The fourth-order valence-corrected chi connectivity index (χ4v) is 3.24. The van der Waals surface area contributed by atoms with E-state index in [2.05, 4.69) is 31.9 Å². The highest BCUT2D eigenvalue weighted by atomic mass is 79.9. The number of hydrogen-bond acceptors (Lipinski definition) is 2. The lowest BCUT2D eigenvalue weighted by Gasteiger charge is -2.12. The molecule has 112 valence electrons. The highest BCUT2D eigenvalue weighted by Crippen LogP contribution is 2.25. The molecule has 21 heavy (non-hydrogen) atoms. The molecule has 1 unspecified atom stereocenters. The third-order valence-electron chi connectivity index (χ3n) is 2.83. The van der Waals surface area contributed by atoms with Crippen LogP contribution in [0.15, 0.2) is 50.2 Å². The molecule has 0 fully saturated rings. The predicted octanol–water partition coefficient (Wildman–Crippen LogP) is 5.19. The summed E-state index contributed by atoms with van der Waals surface area (Å²) in [5.41, 5.74) is -0.0896. The number of halogens is 4. The number of hydrogen-bond donors (Lipinski definition) is 1. The molecule has 0 aliphatic rings. The van der Waals surface area contributed by atoms with Gasteiger partial charge in [-0.2, -0.15) is 0 Å². The van der Waals surface area contributed by atoms with Gasteiger partial charge >= 0.3 is 0 Å². The molecule has 0 bridgehead atoms. The molecule has 2 aromatic carbocycles. The predicted molar refractivity (Wildman–Crippen MR) is 88.6 cm³/mol. The summed E-state index contributed by atoms with van der Waals surface area (Å²) in [5, 5.41) is 9.98. The molecule has 0 saturated carbocycles. The minimum absolute atomic E-state index is 0.0549. The van der Waals surface area contributed by atoms with Crippen LogP contribution in [0.1, 0.15) is 5.56 Å². The van der Waals surface area contributed by atoms with Crippen LogP contribution in [0, 0.1) is 11.6 Å². The zero-order valence-corrected chi connectivity index (χ0v) is 14.8. The summed E-state index contributed by atoms with van der Waals surface area (Å²) in [6, 6.07) is 10.2. The topological polar surface area (TPSA) is 20.2 Å². The van der Waals surface area contributed by atoms with Crippen LogP contribution < -0.4 is 0 Å². The summed E-state index contributed by atoms with van der Waals surface area (Å²) in [6.07, 6.45) is -0.877. The van der Waals surface area contributed by atoms with Gasteiger partial charge < -0.3 is 5.11 Å². The Balaban J connectivity index is 1.97. The van der Waals surface area contributed by atoms with Gasteiger partial charge in [-0.25, -0.2) is 8.78 Å². The van der Waals surface area contributed by atoms with E-state index in [1.54, 1.807) is 0 Å². The Morgan fingerprint density at radius 2 is 1.71 bits per heavy atom. The Labute approximate surface area is 143 Å². The van der Waals surface area contributed by atoms with Crippen molar-refractivity contribution in [1.82, 2.24) is 0 Å². The minimum Gasteiger partial charge on any atom is -0.392 e. The van der Waals surface area contributed by atoms with Gasteiger partial charge in [-0.1, -0.05) is 15.9 Å². The quantitative estimate of drug-likeness (QED) is 0.513. The van der Waals surface area contributed by atoms with Gasteiger partial charge in [-0.05, 0) is 52.3 Å². The highest BCUT2D eigenvalue weighted by molar-refractivity contribution is 9.10. The molecular formula is C15H12Br2F2OS. The third-order valence-corrected chi connectivity index (χ3v) is 5.13. The number of aliphatic hydroxyl groups is 1. The standard InChI is InChI=1S/C15H12Br2F2OS/c16-9-1-3-11(4-2-9)21-8-10(20)7-12-14(18)6-5-13(17)15(12)19/h1-6,10,20H,7-8H2. The van der Waals surface area contributed by atoms with E-state index < -0.39 is 17.7 Å². The van der Waals surface area contributed by atoms with Crippen LogP contribution in [0.3, 0.4) is 0 Å². The van der Waals surface area contributed by atoms with E-state index >= 15 is 0 Å². The lowest BCUT2D eigenvalue weighted by Crippen LogP contribution is -2.16. The van der Waals surface area contributed by atoms with Gasteiger partial charge in [-0.15, -0.1) is 11.8 Å². The van der Waals surface area contributed by atoms with Gasteiger partial charge in [0.2, 0.25) is 0 Å². The molecular weight excluding hydrogens is 426 g/mol. The number of thioether (sulfide) groups is 1. The van der Waals surface area contributed by atoms with Crippen molar-refractivity contribution in [3.8, 4) is 0 Å². The van der Waals surface area contributed by atoms with E-state index in [-0.39, 0.29) is 16.5 Å². The zero-order valence-electron chi connectivity index (χ0n) is 10.8. The molecule has 1 N–H and O–H groups in total. The number of rotatable bonds is 5. The Bertz CT molecular complexity index is 620. The normalized spacial score (nSPS) is 12.4. The van der Waals surface area contributed by atoms with Crippen molar-refractivity contribution >= 4 is 43.6 Å². The largest absolute Gasteiger partial charge is 0.392 e. The smallest absolute Gasteiger partial charge is 0.143 e. The van der Waals surface area contributed by atoms with Crippen LogP contribution in [-0.2, 0) is 6.42 Å². The van der Waals surface area contributed by atoms with E-state index in [4.69, 9.17) is 0 Å². The summed E-state index contributed by atoms with van der Waals surface area (Å²) in [4.78, 5) is 0.993. The van der Waals surface area contributed by atoms with E-state index in [0.717, 1.165) is 9.37 Å². The van der Waals surface area contributed by atoms with Crippen molar-refractivity contribution < 1.29 is 13.9 Å². The molecule has 0 radical (unpaired) electrons. The van der Waals surface area contributed by atoms with Crippen LogP contribution in [0.5, 0.6) is 0 Å². The van der Waals surface area contributed by atoms with Crippen molar-refractivity contribution in [1.29, 1.82) is 0 Å². The summed E-state index contributed by atoms with van der Waals surface area (Å²) in [5.74, 6) is -0.918. The van der Waals surface area contributed by atoms with Crippen LogP contribution in [0.2, 0.25) is 0 Å². The van der Waals surface area contributed by atoms with Gasteiger partial charge in [0.05, 0.1) is 10.6 Å². The van der Waals surface area contributed by atoms with Gasteiger partial charge in [0.25, 0.3) is 0 Å². The maximum Gasteiger partial charge on any atom is 0.143 e. The molecule has 0 spiro atoms. The second-order valence-corrected chi connectivity index (χ2v) is 7.31. The highest BCUT2D eigenvalue weighted by Gasteiger charge is 2.16. The maximum absolute atomic E-state index is 13.8. The molecule has 0 saturated heterocycles. The molecule has 0 aliphatic heterocycles. The second-order valence-electron chi connectivity index (χ2n) is 4.44. The molecule has 2 aromatic rings. The average Bonchev–Trinajstić information content (AvgIpc) is 2.47. The minimum atomic E-state index is -0.822. The van der Waals surface area contributed by atoms with Crippen molar-refractivity contribution in [2.45, 2.75) is 17.4 Å². The van der Waals surface area contributed by atoms with Gasteiger partial charge in [-0.3, -0.25) is 0 Å². The fourth-order valence-electron chi connectivity index (χ4n) is 1.77. The number of benzene rings is 2. The van der Waals surface area contributed by atoms with E-state index in [9.17, 15) is 13.9 Å². The van der Waals surface area contributed by atoms with Crippen molar-refractivity contribution in [2.24, 2.45) is 0 Å². The van der Waals surface area contributed by atoms with Gasteiger partial charge in [0.1, 0.15) is 11.6 Å². The Morgan fingerprint density at radius 3 is 2.38 bits per heavy atom. The lowest BCUT2D eigenvalue weighted by atomic mass is 10.1. The van der Waals surface area contributed by atoms with Crippen molar-refractivity contribution in [2.75, 3.05) is 5.75 Å². The SMILES string of the molecule is OC(CSc1ccc(Br)cc1)Cc1c(F)ccc(Br)c1F. The first-order chi connectivity index (χ1) is 9.97. The molecule has 0 aliphatic carbocycles. The van der Waals surface area contributed by atoms with E-state index in [0.29, 0.717) is 5.75 Å². The summed E-state index contributed by atoms with van der Waals surface area (Å²) >= 11 is 7.81. The first-order valence-corrected chi connectivity index (χ1v) is 8.73. The third kappa shape index (κ3) is 4.77. The van der Waals surface area contributed by atoms with Gasteiger partial charge in [0.15, 0.2) is 0 Å². The zero-order chi connectivity index (χ0) is 15.4. The molecule has 6 heteroatoms. The molecule has 0 amide bonds. The Kier molecular flexibility index (Phi) is 6.22. The fraction of sp³-hybridized carbons (Fsp3) is 0.200. The lowest BCUT2D eigenvalue weighted by molar-refractivity contribution is 0.197. The van der Waals surface area contributed by atoms with Crippen LogP contribution >= 0.6 is 43.6 Å². The average molecular weight is 438 g/mol. The number of aliphatic hydroxyl groups excluding tert-OH is 1. The van der Waals surface area contributed by atoms with Crippen LogP contribution in [0.4, 0.5) is 8.78 Å². The monoisotopic (exact) mass is 436 g/mol. The maximum atomic E-state index is 13.8. The van der Waals surface area contributed by atoms with Gasteiger partial charge in [0, 0.05) is 27.1 Å². The first kappa shape index (κ1) is 16.9. The Hall–Kier alpha value is -0.430. The first-order valence-electron chi connectivity index (χ1n) is 6.16. The summed E-state index contributed by atoms with van der Waals surface area (Å²) < 4.78 is 28.6. The second kappa shape index (κ2) is 7.72. The summed E-state index contributed by atoms with van der Waals surface area (Å²) in [7, 11) is 0. The van der Waals surface area contributed by atoms with Crippen molar-refractivity contribution in [3.63, 3.8) is 0 Å². The van der Waals surface area contributed by atoms with Crippen LogP contribution in [0.25, 0.3) is 0 Å². The van der Waals surface area contributed by atoms with E-state index in [1.165, 1.54) is 23.9 Å². The van der Waals surface area contributed by atoms with Crippen LogP contribution in [-0.4, -0.2) is 17.0 Å². The molecule has 1 atom stereocenters. The molecule has 1 nitrogen and oxygen atoms in total.